The average Bonchev–Trinajstić information content (AvgIpc) is 3.26. The van der Waals surface area contributed by atoms with E-state index in [2.05, 4.69) is 25.6 Å². The molecule has 3 rings (SSSR count). The van der Waals surface area contributed by atoms with E-state index in [-0.39, 0.29) is 5.92 Å². The lowest BCUT2D eigenvalue weighted by atomic mass is 9.81. The number of carboxylic acids is 1. The Morgan fingerprint density at radius 3 is 2.61 bits per heavy atom. The van der Waals surface area contributed by atoms with Crippen LogP contribution < -0.4 is 10.5 Å². The molecule has 31 heavy (non-hydrogen) atoms. The van der Waals surface area contributed by atoms with Gasteiger partial charge in [0, 0.05) is 23.7 Å². The van der Waals surface area contributed by atoms with Gasteiger partial charge in [0.1, 0.15) is 5.75 Å². The molecule has 0 aliphatic rings. The van der Waals surface area contributed by atoms with E-state index < -0.39 is 23.7 Å². The van der Waals surface area contributed by atoms with Crippen LogP contribution in [0.25, 0.3) is 0 Å². The summed E-state index contributed by atoms with van der Waals surface area (Å²) < 4.78 is 5.69. The maximum Gasteiger partial charge on any atom is 0.307 e. The number of carbonyl (C=O) groups excluding carboxylic acids is 1. The molecule has 1 amide bonds. The number of ether oxygens (including phenoxy) is 1. The van der Waals surface area contributed by atoms with Crippen molar-refractivity contribution in [2.45, 2.75) is 32.6 Å². The number of carboxylic acid groups (broad SMARTS) is 1. The smallest absolute Gasteiger partial charge is 0.307 e. The van der Waals surface area contributed by atoms with Crippen molar-refractivity contribution < 1.29 is 19.4 Å². The minimum Gasteiger partial charge on any atom is -0.481 e. The number of hydrogen-bond acceptors (Lipinski definition) is 7. The van der Waals surface area contributed by atoms with E-state index in [0.29, 0.717) is 35.9 Å². The van der Waals surface area contributed by atoms with Gasteiger partial charge in [-0.15, -0.1) is 10.2 Å². The lowest BCUT2D eigenvalue weighted by Crippen LogP contribution is -2.26. The zero-order valence-electron chi connectivity index (χ0n) is 17.2. The molecule has 4 N–H and O–H groups in total. The molecule has 2 heterocycles. The Kier molecular flexibility index (Phi) is 6.91. The molecule has 0 aliphatic carbocycles. The highest BCUT2D eigenvalue weighted by Crippen LogP contribution is 2.31. The van der Waals surface area contributed by atoms with Gasteiger partial charge in [0.2, 0.25) is 11.8 Å². The normalized spacial score (nSPS) is 13.0. The van der Waals surface area contributed by atoms with Gasteiger partial charge >= 0.3 is 5.97 Å². The number of aromatic nitrogens is 5. The fourth-order valence-corrected chi connectivity index (χ4v) is 3.36. The van der Waals surface area contributed by atoms with Gasteiger partial charge in [-0.2, -0.15) is 5.21 Å². The summed E-state index contributed by atoms with van der Waals surface area (Å²) in [5.41, 5.74) is 6.43. The number of nitrogens with zero attached hydrogens (tertiary/aromatic N) is 4. The summed E-state index contributed by atoms with van der Waals surface area (Å²) in [6.45, 7) is 3.95. The summed E-state index contributed by atoms with van der Waals surface area (Å²) in [6, 6.07) is 9.98. The largest absolute Gasteiger partial charge is 0.481 e. The number of aliphatic carboxylic acids is 1. The van der Waals surface area contributed by atoms with Gasteiger partial charge in [0.05, 0.1) is 5.92 Å². The summed E-state index contributed by atoms with van der Waals surface area (Å²) in [4.78, 5) is 27.6. The average molecular weight is 424 g/mol. The molecule has 0 bridgehead atoms. The molecule has 0 aliphatic heterocycles. The van der Waals surface area contributed by atoms with Crippen LogP contribution in [0.1, 0.15) is 47.9 Å². The van der Waals surface area contributed by atoms with Crippen LogP contribution in [0.2, 0.25) is 0 Å². The maximum atomic E-state index is 11.9. The number of nitrogens with one attached hydrogen (secondary N) is 1. The number of carbonyl (C=O) groups is 2. The van der Waals surface area contributed by atoms with Crippen LogP contribution in [-0.2, 0) is 11.2 Å². The van der Waals surface area contributed by atoms with Crippen LogP contribution in [0.3, 0.4) is 0 Å². The zero-order chi connectivity index (χ0) is 22.4. The molecule has 0 saturated carbocycles. The number of aromatic amines is 1. The molecule has 0 unspecified atom stereocenters. The Hall–Kier alpha value is -3.82. The van der Waals surface area contributed by atoms with Gasteiger partial charge in [-0.1, -0.05) is 31.2 Å². The van der Waals surface area contributed by atoms with Crippen LogP contribution in [0.15, 0.2) is 42.6 Å². The predicted molar refractivity (Wildman–Crippen MR) is 110 cm³/mol. The second kappa shape index (κ2) is 9.79. The first kappa shape index (κ1) is 21.9. The van der Waals surface area contributed by atoms with E-state index in [1.54, 1.807) is 30.5 Å². The van der Waals surface area contributed by atoms with Gasteiger partial charge < -0.3 is 15.6 Å². The quantitative estimate of drug-likeness (QED) is 0.448. The Morgan fingerprint density at radius 2 is 2.03 bits per heavy atom. The van der Waals surface area contributed by atoms with Crippen molar-refractivity contribution in [3.8, 4) is 11.6 Å². The number of amides is 1. The van der Waals surface area contributed by atoms with Gasteiger partial charge in [-0.3, -0.25) is 9.59 Å². The topological polar surface area (TPSA) is 157 Å². The third kappa shape index (κ3) is 5.84. The summed E-state index contributed by atoms with van der Waals surface area (Å²) in [5, 5.41) is 23.8. The van der Waals surface area contributed by atoms with Crippen LogP contribution >= 0.6 is 0 Å². The van der Waals surface area contributed by atoms with Crippen LogP contribution in [0.5, 0.6) is 11.6 Å². The summed E-state index contributed by atoms with van der Waals surface area (Å²) in [5.74, 6) is -1.24. The van der Waals surface area contributed by atoms with Crippen molar-refractivity contribution in [3.05, 3.63) is 59.5 Å². The molecule has 0 saturated heterocycles. The van der Waals surface area contributed by atoms with E-state index in [0.717, 1.165) is 5.56 Å². The third-order valence-corrected chi connectivity index (χ3v) is 4.82. The summed E-state index contributed by atoms with van der Waals surface area (Å²) in [7, 11) is 0. The summed E-state index contributed by atoms with van der Waals surface area (Å²) >= 11 is 0. The number of pyridine rings is 1. The molecule has 162 valence electrons. The number of primary amides is 1. The van der Waals surface area contributed by atoms with Crippen molar-refractivity contribution in [2.24, 2.45) is 17.6 Å². The molecular formula is C21H24N6O4. The van der Waals surface area contributed by atoms with E-state index in [4.69, 9.17) is 10.5 Å². The van der Waals surface area contributed by atoms with E-state index >= 15 is 0 Å². The Morgan fingerprint density at radius 1 is 1.23 bits per heavy atom. The molecule has 2 atom stereocenters. The number of nitrogens with two attached hydrogens (primary N) is 1. The SMILES string of the molecule is CC(C)C[C@H](C(=O)O)[C@H](Cc1ccc(Oc2cccc(C(N)=O)c2)nc1)c1nn[nH]n1. The van der Waals surface area contributed by atoms with E-state index in [9.17, 15) is 14.7 Å². The van der Waals surface area contributed by atoms with Crippen molar-refractivity contribution in [1.29, 1.82) is 0 Å². The number of rotatable bonds is 10. The van der Waals surface area contributed by atoms with Crippen LogP contribution in [-0.4, -0.2) is 42.6 Å². The first-order valence-corrected chi connectivity index (χ1v) is 9.82. The molecule has 2 aromatic heterocycles. The maximum absolute atomic E-state index is 11.9. The number of hydrogen-bond donors (Lipinski definition) is 3. The number of tetrazole rings is 1. The molecule has 10 nitrogen and oxygen atoms in total. The monoisotopic (exact) mass is 424 g/mol. The highest BCUT2D eigenvalue weighted by molar-refractivity contribution is 5.93. The lowest BCUT2D eigenvalue weighted by Gasteiger charge is -2.23. The third-order valence-electron chi connectivity index (χ3n) is 4.82. The first-order valence-electron chi connectivity index (χ1n) is 9.82. The molecule has 0 radical (unpaired) electrons. The second-order valence-electron chi connectivity index (χ2n) is 7.65. The number of H-pyrrole nitrogens is 1. The fraction of sp³-hybridized carbons (Fsp3) is 0.333. The minimum atomic E-state index is -0.897. The standard InChI is InChI=1S/C21H24N6O4/c1-12(2)8-17(21(29)30)16(20-24-26-27-25-20)9-13-6-7-18(23-11-13)31-15-5-3-4-14(10-15)19(22)28/h3-7,10-12,16-17H,8-9H2,1-2H3,(H2,22,28)(H,29,30)(H,24,25,26,27)/t16-,17-/m0/s1. The minimum absolute atomic E-state index is 0.195. The fourth-order valence-electron chi connectivity index (χ4n) is 3.36. The van der Waals surface area contributed by atoms with E-state index in [1.165, 1.54) is 6.07 Å². The van der Waals surface area contributed by atoms with Crippen molar-refractivity contribution in [3.63, 3.8) is 0 Å². The molecule has 10 heteroatoms. The Bertz CT molecular complexity index is 1020. The Labute approximate surface area is 178 Å². The van der Waals surface area contributed by atoms with Crippen molar-refractivity contribution in [2.75, 3.05) is 0 Å². The molecule has 0 spiro atoms. The zero-order valence-corrected chi connectivity index (χ0v) is 17.2. The highest BCUT2D eigenvalue weighted by atomic mass is 16.5. The van der Waals surface area contributed by atoms with Crippen molar-refractivity contribution in [1.82, 2.24) is 25.6 Å². The van der Waals surface area contributed by atoms with Gasteiger partial charge in [0.25, 0.3) is 0 Å². The van der Waals surface area contributed by atoms with Gasteiger partial charge in [0.15, 0.2) is 5.82 Å². The lowest BCUT2D eigenvalue weighted by molar-refractivity contribution is -0.143. The van der Waals surface area contributed by atoms with Gasteiger partial charge in [-0.05, 0) is 42.5 Å². The molecule has 0 fully saturated rings. The summed E-state index contributed by atoms with van der Waals surface area (Å²) in [6.07, 6.45) is 2.49. The molecule has 1 aromatic carbocycles. The van der Waals surface area contributed by atoms with Crippen LogP contribution in [0.4, 0.5) is 0 Å². The number of benzene rings is 1. The Balaban J connectivity index is 1.77. The predicted octanol–water partition coefficient (Wildman–Crippen LogP) is 2.56. The van der Waals surface area contributed by atoms with Gasteiger partial charge in [-0.25, -0.2) is 4.98 Å². The van der Waals surface area contributed by atoms with Crippen LogP contribution in [0, 0.1) is 11.8 Å². The second-order valence-corrected chi connectivity index (χ2v) is 7.65. The highest BCUT2D eigenvalue weighted by Gasteiger charge is 2.33. The van der Waals surface area contributed by atoms with E-state index in [1.807, 2.05) is 19.9 Å². The first-order chi connectivity index (χ1) is 14.8. The molecular weight excluding hydrogens is 400 g/mol. The van der Waals surface area contributed by atoms with Crippen molar-refractivity contribution >= 4 is 11.9 Å². The molecule has 3 aromatic rings.